The first kappa shape index (κ1) is 15.4. The van der Waals surface area contributed by atoms with E-state index in [0.717, 1.165) is 5.75 Å². The SMILES string of the molecule is CSc1ccc(OCCC(=O)N(C)CCC#N)cc1. The first-order chi connectivity index (χ1) is 9.17. The van der Waals surface area contributed by atoms with E-state index in [0.29, 0.717) is 26.0 Å². The summed E-state index contributed by atoms with van der Waals surface area (Å²) in [5.41, 5.74) is 0. The Hall–Kier alpha value is -1.67. The van der Waals surface area contributed by atoms with Crippen molar-refractivity contribution in [3.8, 4) is 11.8 Å². The second-order valence-electron chi connectivity index (χ2n) is 4.00. The summed E-state index contributed by atoms with van der Waals surface area (Å²) in [5, 5.41) is 8.45. The van der Waals surface area contributed by atoms with E-state index in [1.54, 1.807) is 23.7 Å². The van der Waals surface area contributed by atoms with E-state index in [4.69, 9.17) is 10.00 Å². The van der Waals surface area contributed by atoms with E-state index in [9.17, 15) is 4.79 Å². The van der Waals surface area contributed by atoms with Crippen LogP contribution in [0.3, 0.4) is 0 Å². The maximum Gasteiger partial charge on any atom is 0.225 e. The van der Waals surface area contributed by atoms with Gasteiger partial charge in [-0.1, -0.05) is 0 Å². The van der Waals surface area contributed by atoms with Crippen molar-refractivity contribution < 1.29 is 9.53 Å². The number of thioether (sulfide) groups is 1. The fourth-order valence-electron chi connectivity index (χ4n) is 1.46. The number of nitriles is 1. The fourth-order valence-corrected chi connectivity index (χ4v) is 1.87. The Morgan fingerprint density at radius 3 is 2.68 bits per heavy atom. The third-order valence-electron chi connectivity index (χ3n) is 2.63. The van der Waals surface area contributed by atoms with Crippen molar-refractivity contribution in [3.63, 3.8) is 0 Å². The van der Waals surface area contributed by atoms with Crippen LogP contribution in [0.2, 0.25) is 0 Å². The molecule has 0 atom stereocenters. The lowest BCUT2D eigenvalue weighted by Gasteiger charge is -2.15. The number of nitrogens with zero attached hydrogens (tertiary/aromatic N) is 2. The summed E-state index contributed by atoms with van der Waals surface area (Å²) in [6.07, 6.45) is 2.71. The Balaban J connectivity index is 2.29. The zero-order valence-electron chi connectivity index (χ0n) is 11.3. The van der Waals surface area contributed by atoms with E-state index in [1.807, 2.05) is 36.6 Å². The van der Waals surface area contributed by atoms with E-state index in [1.165, 1.54) is 4.90 Å². The van der Waals surface area contributed by atoms with E-state index in [-0.39, 0.29) is 5.91 Å². The molecule has 0 aromatic heterocycles. The standard InChI is InChI=1S/C14H18N2O2S/c1-16(10-3-9-15)14(17)8-11-18-12-4-6-13(19-2)7-5-12/h4-7H,3,8,10-11H2,1-2H3. The number of hydrogen-bond acceptors (Lipinski definition) is 4. The quantitative estimate of drug-likeness (QED) is 0.719. The molecule has 0 radical (unpaired) electrons. The van der Waals surface area contributed by atoms with Crippen molar-refractivity contribution >= 4 is 17.7 Å². The third-order valence-corrected chi connectivity index (χ3v) is 3.37. The van der Waals surface area contributed by atoms with E-state index < -0.39 is 0 Å². The molecule has 102 valence electrons. The van der Waals surface area contributed by atoms with Gasteiger partial charge in [-0.15, -0.1) is 11.8 Å². The number of carbonyl (C=O) groups excluding carboxylic acids is 1. The zero-order chi connectivity index (χ0) is 14.1. The van der Waals surface area contributed by atoms with Gasteiger partial charge >= 0.3 is 0 Å². The van der Waals surface area contributed by atoms with Crippen molar-refractivity contribution in [3.05, 3.63) is 24.3 Å². The molecule has 1 aromatic rings. The van der Waals surface area contributed by atoms with Gasteiger partial charge in [0, 0.05) is 18.5 Å². The van der Waals surface area contributed by atoms with Crippen LogP contribution in [0.4, 0.5) is 0 Å². The summed E-state index contributed by atoms with van der Waals surface area (Å²) in [7, 11) is 1.70. The minimum absolute atomic E-state index is 0.00372. The van der Waals surface area contributed by atoms with Crippen LogP contribution in [0, 0.1) is 11.3 Å². The molecule has 0 saturated heterocycles. The molecule has 0 heterocycles. The maximum absolute atomic E-state index is 11.7. The molecular weight excluding hydrogens is 260 g/mol. The summed E-state index contributed by atoms with van der Waals surface area (Å²) in [4.78, 5) is 14.4. The van der Waals surface area contributed by atoms with Gasteiger partial charge in [0.05, 0.1) is 25.5 Å². The van der Waals surface area contributed by atoms with Gasteiger partial charge in [-0.2, -0.15) is 5.26 Å². The highest BCUT2D eigenvalue weighted by Gasteiger charge is 2.08. The molecule has 0 unspecified atom stereocenters. The van der Waals surface area contributed by atoms with Gasteiger partial charge < -0.3 is 9.64 Å². The van der Waals surface area contributed by atoms with Crippen LogP contribution < -0.4 is 4.74 Å². The average Bonchev–Trinajstić information content (AvgIpc) is 2.45. The number of benzene rings is 1. The van der Waals surface area contributed by atoms with Crippen LogP contribution in [-0.2, 0) is 4.79 Å². The molecule has 4 nitrogen and oxygen atoms in total. The molecule has 0 spiro atoms. The van der Waals surface area contributed by atoms with Crippen LogP contribution in [0.25, 0.3) is 0 Å². The topological polar surface area (TPSA) is 53.3 Å². The lowest BCUT2D eigenvalue weighted by Crippen LogP contribution is -2.28. The van der Waals surface area contributed by atoms with Gasteiger partial charge in [0.25, 0.3) is 0 Å². The van der Waals surface area contributed by atoms with Gasteiger partial charge in [-0.25, -0.2) is 0 Å². The summed E-state index contributed by atoms with van der Waals surface area (Å²) in [6, 6.07) is 9.79. The minimum Gasteiger partial charge on any atom is -0.493 e. The Kier molecular flexibility index (Phi) is 6.83. The highest BCUT2D eigenvalue weighted by atomic mass is 32.2. The van der Waals surface area contributed by atoms with Gasteiger partial charge in [0.2, 0.25) is 5.91 Å². The molecule has 1 amide bonds. The Morgan fingerprint density at radius 2 is 2.11 bits per heavy atom. The summed E-state index contributed by atoms with van der Waals surface area (Å²) >= 11 is 1.68. The maximum atomic E-state index is 11.7. The Bertz CT molecular complexity index is 440. The Morgan fingerprint density at radius 1 is 1.42 bits per heavy atom. The number of rotatable bonds is 7. The van der Waals surface area contributed by atoms with Crippen LogP contribution in [0.15, 0.2) is 29.2 Å². The molecule has 19 heavy (non-hydrogen) atoms. The van der Waals surface area contributed by atoms with Crippen molar-refractivity contribution in [2.24, 2.45) is 0 Å². The fraction of sp³-hybridized carbons (Fsp3) is 0.429. The molecule has 1 aromatic carbocycles. The highest BCUT2D eigenvalue weighted by Crippen LogP contribution is 2.18. The van der Waals surface area contributed by atoms with Crippen LogP contribution >= 0.6 is 11.8 Å². The smallest absolute Gasteiger partial charge is 0.225 e. The molecule has 0 bridgehead atoms. The summed E-state index contributed by atoms with van der Waals surface area (Å²) in [5.74, 6) is 0.765. The largest absolute Gasteiger partial charge is 0.493 e. The van der Waals surface area contributed by atoms with Crippen molar-refractivity contribution in [2.75, 3.05) is 26.5 Å². The number of carbonyl (C=O) groups is 1. The van der Waals surface area contributed by atoms with E-state index >= 15 is 0 Å². The van der Waals surface area contributed by atoms with Crippen LogP contribution in [-0.4, -0.2) is 37.3 Å². The lowest BCUT2D eigenvalue weighted by atomic mass is 10.3. The number of amides is 1. The molecule has 5 heteroatoms. The molecule has 0 N–H and O–H groups in total. The molecule has 0 aliphatic carbocycles. The lowest BCUT2D eigenvalue weighted by molar-refractivity contribution is -0.130. The van der Waals surface area contributed by atoms with Crippen molar-refractivity contribution in [1.29, 1.82) is 5.26 Å². The van der Waals surface area contributed by atoms with Gasteiger partial charge in [0.15, 0.2) is 0 Å². The Labute approximate surface area is 118 Å². The molecule has 0 saturated carbocycles. The normalized spacial score (nSPS) is 9.74. The second-order valence-corrected chi connectivity index (χ2v) is 4.88. The van der Waals surface area contributed by atoms with Gasteiger partial charge in [-0.3, -0.25) is 4.79 Å². The second kappa shape index (κ2) is 8.44. The molecule has 0 aliphatic rings. The molecule has 0 aliphatic heterocycles. The predicted molar refractivity (Wildman–Crippen MR) is 76.2 cm³/mol. The van der Waals surface area contributed by atoms with Crippen molar-refractivity contribution in [2.45, 2.75) is 17.7 Å². The van der Waals surface area contributed by atoms with Crippen LogP contribution in [0.1, 0.15) is 12.8 Å². The van der Waals surface area contributed by atoms with Gasteiger partial charge in [0.1, 0.15) is 5.75 Å². The van der Waals surface area contributed by atoms with E-state index in [2.05, 4.69) is 0 Å². The molecule has 0 fully saturated rings. The average molecular weight is 278 g/mol. The molecular formula is C14H18N2O2S. The highest BCUT2D eigenvalue weighted by molar-refractivity contribution is 7.98. The zero-order valence-corrected chi connectivity index (χ0v) is 12.1. The monoisotopic (exact) mass is 278 g/mol. The van der Waals surface area contributed by atoms with Gasteiger partial charge in [-0.05, 0) is 30.5 Å². The van der Waals surface area contributed by atoms with Crippen LogP contribution in [0.5, 0.6) is 5.75 Å². The summed E-state index contributed by atoms with van der Waals surface area (Å²) in [6.45, 7) is 0.825. The third kappa shape index (κ3) is 5.66. The summed E-state index contributed by atoms with van der Waals surface area (Å²) < 4.78 is 5.51. The molecule has 1 rings (SSSR count). The van der Waals surface area contributed by atoms with Crippen molar-refractivity contribution in [1.82, 2.24) is 4.90 Å². The minimum atomic E-state index is -0.00372. The first-order valence-corrected chi connectivity index (χ1v) is 7.27. The first-order valence-electron chi connectivity index (χ1n) is 6.05. The number of ether oxygens (including phenoxy) is 1. The number of hydrogen-bond donors (Lipinski definition) is 0. The predicted octanol–water partition coefficient (Wildman–Crippen LogP) is 2.55.